The first kappa shape index (κ1) is 16.2. The second-order valence-corrected chi connectivity index (χ2v) is 6.01. The van der Waals surface area contributed by atoms with Gasteiger partial charge in [0.1, 0.15) is 5.54 Å². The Morgan fingerprint density at radius 2 is 1.00 bits per heavy atom. The van der Waals surface area contributed by atoms with Crippen LogP contribution in [0.5, 0.6) is 0 Å². The lowest BCUT2D eigenvalue weighted by molar-refractivity contribution is 0.396. The third-order valence-electron chi connectivity index (χ3n) is 4.57. The summed E-state index contributed by atoms with van der Waals surface area (Å²) in [4.78, 5) is 3.38. The number of rotatable bonds is 4. The molecule has 4 rings (SSSR count). The van der Waals surface area contributed by atoms with Gasteiger partial charge in [0.2, 0.25) is 5.95 Å². The van der Waals surface area contributed by atoms with Crippen LogP contribution < -0.4 is 0 Å². The molecule has 0 atom stereocenters. The number of aromatic nitrogens is 2. The topological polar surface area (TPSA) is 17.8 Å². The number of imidazole rings is 1. The molecular formula is C22H16F2N2. The Labute approximate surface area is 150 Å². The van der Waals surface area contributed by atoms with Crippen molar-refractivity contribution < 1.29 is 8.78 Å². The lowest BCUT2D eigenvalue weighted by Crippen LogP contribution is -2.38. The highest BCUT2D eigenvalue weighted by molar-refractivity contribution is 5.50. The van der Waals surface area contributed by atoms with E-state index in [1.54, 1.807) is 0 Å². The van der Waals surface area contributed by atoms with Gasteiger partial charge in [-0.25, -0.2) is 0 Å². The molecule has 0 amide bonds. The van der Waals surface area contributed by atoms with Gasteiger partial charge in [0, 0.05) is 0 Å². The first-order valence-electron chi connectivity index (χ1n) is 8.30. The average Bonchev–Trinajstić information content (AvgIpc) is 3.03. The second kappa shape index (κ2) is 6.56. The van der Waals surface area contributed by atoms with E-state index >= 15 is 0 Å². The van der Waals surface area contributed by atoms with Gasteiger partial charge in [-0.15, -0.1) is 0 Å². The third kappa shape index (κ3) is 2.51. The zero-order chi connectivity index (χ0) is 18.0. The molecule has 4 aromatic rings. The Hall–Kier alpha value is -3.27. The van der Waals surface area contributed by atoms with Gasteiger partial charge in [0.05, 0.1) is 6.20 Å². The van der Waals surface area contributed by atoms with Crippen molar-refractivity contribution in [3.8, 4) is 0 Å². The van der Waals surface area contributed by atoms with E-state index in [1.807, 2.05) is 91.0 Å². The molecule has 0 bridgehead atoms. The summed E-state index contributed by atoms with van der Waals surface area (Å²) in [6.07, 6.45) is 0.238. The zero-order valence-corrected chi connectivity index (χ0v) is 13.9. The monoisotopic (exact) mass is 346 g/mol. The van der Waals surface area contributed by atoms with Gasteiger partial charge in [0.25, 0.3) is 6.08 Å². The van der Waals surface area contributed by atoms with Crippen molar-refractivity contribution in [1.82, 2.24) is 9.55 Å². The molecule has 0 fully saturated rings. The van der Waals surface area contributed by atoms with Gasteiger partial charge in [0.15, 0.2) is 0 Å². The molecule has 2 nitrogen and oxygen atoms in total. The molecule has 0 saturated heterocycles. The minimum atomic E-state index is -1.08. The van der Waals surface area contributed by atoms with Gasteiger partial charge >= 0.3 is 0 Å². The van der Waals surface area contributed by atoms with Crippen molar-refractivity contribution in [3.63, 3.8) is 0 Å². The van der Waals surface area contributed by atoms with Crippen LogP contribution in [0, 0.1) is 12.0 Å². The maximum Gasteiger partial charge on any atom is 0.293 e. The van der Waals surface area contributed by atoms with Crippen LogP contribution in [-0.4, -0.2) is 9.55 Å². The van der Waals surface area contributed by atoms with Gasteiger partial charge in [-0.3, -0.25) is 4.57 Å². The average molecular weight is 346 g/mol. The first-order valence-corrected chi connectivity index (χ1v) is 8.30. The van der Waals surface area contributed by atoms with E-state index in [0.29, 0.717) is 0 Å². The van der Waals surface area contributed by atoms with Crippen LogP contribution in [-0.2, 0) is 5.54 Å². The number of halogens is 2. The molecule has 0 unspecified atom stereocenters. The Morgan fingerprint density at radius 1 is 0.615 bits per heavy atom. The number of nitrogens with zero attached hydrogens (tertiary/aromatic N) is 2. The summed E-state index contributed by atoms with van der Waals surface area (Å²) in [5, 5.41) is 0. The highest BCUT2D eigenvalue weighted by atomic mass is 19.1. The molecule has 0 radical (unpaired) electrons. The molecule has 1 aromatic heterocycles. The van der Waals surface area contributed by atoms with E-state index in [4.69, 9.17) is 0 Å². The molecule has 128 valence electrons. The normalized spacial score (nSPS) is 11.5. The molecule has 1 heterocycles. The molecule has 0 saturated carbocycles. The first-order chi connectivity index (χ1) is 12.7. The van der Waals surface area contributed by atoms with E-state index < -0.39 is 17.6 Å². The van der Waals surface area contributed by atoms with Crippen LogP contribution in [0.3, 0.4) is 0 Å². The van der Waals surface area contributed by atoms with Crippen LogP contribution in [0.4, 0.5) is 8.78 Å². The molecule has 0 aliphatic heterocycles. The van der Waals surface area contributed by atoms with Gasteiger partial charge in [-0.1, -0.05) is 91.0 Å². The lowest BCUT2D eigenvalue weighted by atomic mass is 9.77. The molecule has 0 aliphatic rings. The summed E-state index contributed by atoms with van der Waals surface area (Å²) in [6, 6.07) is 28.5. The summed E-state index contributed by atoms with van der Waals surface area (Å²) >= 11 is 0. The fraction of sp³-hybridized carbons (Fsp3) is 0.0455. The molecule has 0 N–H and O–H groups in total. The van der Waals surface area contributed by atoms with E-state index in [9.17, 15) is 8.78 Å². The van der Waals surface area contributed by atoms with Crippen molar-refractivity contribution in [2.24, 2.45) is 0 Å². The van der Waals surface area contributed by atoms with Crippen molar-refractivity contribution in [1.29, 1.82) is 0 Å². The van der Waals surface area contributed by atoms with Crippen LogP contribution in [0.25, 0.3) is 0 Å². The maximum absolute atomic E-state index is 14.8. The Bertz CT molecular complexity index is 900. The zero-order valence-electron chi connectivity index (χ0n) is 13.9. The van der Waals surface area contributed by atoms with Crippen molar-refractivity contribution in [2.45, 2.75) is 5.54 Å². The largest absolute Gasteiger partial charge is 0.293 e. The quantitative estimate of drug-likeness (QED) is 0.475. The van der Waals surface area contributed by atoms with Crippen molar-refractivity contribution >= 4 is 0 Å². The summed E-state index contributed by atoms with van der Waals surface area (Å²) in [7, 11) is 0. The highest BCUT2D eigenvalue weighted by Crippen LogP contribution is 2.41. The molecule has 4 heteroatoms. The Morgan fingerprint density at radius 3 is 1.31 bits per heavy atom. The van der Waals surface area contributed by atoms with Crippen molar-refractivity contribution in [2.75, 3.05) is 0 Å². The summed E-state index contributed by atoms with van der Waals surface area (Å²) in [5.41, 5.74) is 1.36. The second-order valence-electron chi connectivity index (χ2n) is 6.01. The predicted octanol–water partition coefficient (Wildman–Crippen LogP) is 5.00. The Balaban J connectivity index is 2.16. The third-order valence-corrected chi connectivity index (χ3v) is 4.57. The molecule has 3 aromatic carbocycles. The lowest BCUT2D eigenvalue weighted by Gasteiger charge is -2.37. The summed E-state index contributed by atoms with van der Waals surface area (Å²) in [5.74, 6) is -0.852. The summed E-state index contributed by atoms with van der Waals surface area (Å²) < 4.78 is 29.9. The van der Waals surface area contributed by atoms with Crippen molar-refractivity contribution in [3.05, 3.63) is 126 Å². The standard InChI is InChI=1S/C22H16F2N2/c23-20-16-26(21(24)25-20)22(17-10-4-1-5-11-17,18-12-6-2-7-13-18)19-14-8-3-9-15-19/h1-16H. The van der Waals surface area contributed by atoms with Gasteiger partial charge < -0.3 is 0 Å². The number of hydrogen-bond acceptors (Lipinski definition) is 1. The highest BCUT2D eigenvalue weighted by Gasteiger charge is 2.40. The van der Waals surface area contributed by atoms with E-state index in [0.717, 1.165) is 22.9 Å². The van der Waals surface area contributed by atoms with Crippen LogP contribution in [0.15, 0.2) is 97.2 Å². The fourth-order valence-electron chi connectivity index (χ4n) is 3.52. The Kier molecular flexibility index (Phi) is 4.09. The van der Waals surface area contributed by atoms with Crippen LogP contribution >= 0.6 is 0 Å². The van der Waals surface area contributed by atoms with E-state index in [1.165, 1.54) is 4.57 Å². The molecular weight excluding hydrogens is 330 g/mol. The minimum absolute atomic E-state index is 0.814. The van der Waals surface area contributed by atoms with Gasteiger partial charge in [-0.2, -0.15) is 13.8 Å². The molecule has 26 heavy (non-hydrogen) atoms. The smallest absolute Gasteiger partial charge is 0.286 e. The fourth-order valence-corrected chi connectivity index (χ4v) is 3.52. The molecule has 0 spiro atoms. The molecule has 0 aliphatic carbocycles. The van der Waals surface area contributed by atoms with Crippen LogP contribution in [0.2, 0.25) is 0 Å². The number of hydrogen-bond donors (Lipinski definition) is 0. The number of benzene rings is 3. The minimum Gasteiger partial charge on any atom is -0.286 e. The van der Waals surface area contributed by atoms with E-state index in [-0.39, 0.29) is 0 Å². The van der Waals surface area contributed by atoms with Gasteiger partial charge in [-0.05, 0) is 16.7 Å². The summed E-state index contributed by atoms with van der Waals surface area (Å²) in [6.45, 7) is 0. The SMILES string of the molecule is Fc1cn(C(c2ccccc2)(c2ccccc2)c2ccccc2)c(F)n1. The predicted molar refractivity (Wildman–Crippen MR) is 96.7 cm³/mol. The maximum atomic E-state index is 14.8. The van der Waals surface area contributed by atoms with Crippen LogP contribution in [0.1, 0.15) is 16.7 Å². The van der Waals surface area contributed by atoms with E-state index in [2.05, 4.69) is 4.98 Å².